The van der Waals surface area contributed by atoms with E-state index in [1.165, 1.54) is 0 Å². The summed E-state index contributed by atoms with van der Waals surface area (Å²) in [7, 11) is 0. The van der Waals surface area contributed by atoms with Crippen LogP contribution >= 0.6 is 31.9 Å². The third-order valence-corrected chi connectivity index (χ3v) is 2.47. The smallest absolute Gasteiger partial charge is 0.205 e. The summed E-state index contributed by atoms with van der Waals surface area (Å²) in [5.74, 6) is -0.743. The molecule has 0 bridgehead atoms. The second kappa shape index (κ2) is 3.57. The number of alkyl halides is 3. The van der Waals surface area contributed by atoms with Crippen LogP contribution in [0.2, 0.25) is 0 Å². The van der Waals surface area contributed by atoms with Gasteiger partial charge >= 0.3 is 6.18 Å². The molecule has 0 atom stereocenters. The van der Waals surface area contributed by atoms with Gasteiger partial charge in [0.15, 0.2) is 5.82 Å². The molecule has 13 heavy (non-hydrogen) atoms. The van der Waals surface area contributed by atoms with Gasteiger partial charge in [-0.1, -0.05) is 0 Å². The van der Waals surface area contributed by atoms with Gasteiger partial charge in [0.1, 0.15) is 0 Å². The lowest BCUT2D eigenvalue weighted by Crippen LogP contribution is -2.05. The first-order valence-electron chi connectivity index (χ1n) is 3.04. The molecular formula is C7H2Br2F4. The second-order valence-electron chi connectivity index (χ2n) is 2.25. The Hall–Kier alpha value is -0.100. The summed E-state index contributed by atoms with van der Waals surface area (Å²) in [6.07, 6.45) is -4.46. The van der Waals surface area contributed by atoms with E-state index in [9.17, 15) is 17.6 Å². The Morgan fingerprint density at radius 2 is 1.38 bits per heavy atom. The van der Waals surface area contributed by atoms with E-state index in [1.54, 1.807) is 0 Å². The van der Waals surface area contributed by atoms with Gasteiger partial charge < -0.3 is 0 Å². The van der Waals surface area contributed by atoms with Gasteiger partial charge in [-0.2, -0.15) is 13.2 Å². The minimum absolute atomic E-state index is 0.214. The van der Waals surface area contributed by atoms with Crippen molar-refractivity contribution in [3.05, 3.63) is 32.5 Å². The molecule has 1 aromatic carbocycles. The minimum atomic E-state index is -4.46. The molecule has 0 unspecified atom stereocenters. The zero-order valence-corrected chi connectivity index (χ0v) is 9.09. The average molecular weight is 322 g/mol. The molecule has 0 saturated heterocycles. The van der Waals surface area contributed by atoms with E-state index >= 15 is 0 Å². The lowest BCUT2D eigenvalue weighted by atomic mass is 10.2. The summed E-state index contributed by atoms with van der Waals surface area (Å²) in [5, 5.41) is 0. The van der Waals surface area contributed by atoms with Crippen molar-refractivity contribution >= 4 is 31.9 Å². The Labute approximate surface area is 88.2 Å². The SMILES string of the molecule is Fc1c(Br)cc(C(F)(F)F)cc1Br. The van der Waals surface area contributed by atoms with Crippen molar-refractivity contribution in [1.29, 1.82) is 0 Å². The molecule has 0 fully saturated rings. The molecule has 72 valence electrons. The quantitative estimate of drug-likeness (QED) is 0.491. The lowest BCUT2D eigenvalue weighted by Gasteiger charge is -2.08. The molecule has 0 aliphatic carbocycles. The van der Waals surface area contributed by atoms with Crippen molar-refractivity contribution in [1.82, 2.24) is 0 Å². The van der Waals surface area contributed by atoms with E-state index in [0.717, 1.165) is 0 Å². The monoisotopic (exact) mass is 320 g/mol. The molecule has 0 amide bonds. The van der Waals surface area contributed by atoms with Crippen LogP contribution in [0.15, 0.2) is 21.1 Å². The fraction of sp³-hybridized carbons (Fsp3) is 0.143. The molecule has 0 N–H and O–H groups in total. The van der Waals surface area contributed by atoms with Crippen molar-refractivity contribution in [2.24, 2.45) is 0 Å². The predicted molar refractivity (Wildman–Crippen MR) is 46.8 cm³/mol. The zero-order valence-electron chi connectivity index (χ0n) is 5.92. The van der Waals surface area contributed by atoms with Crippen LogP contribution in [0, 0.1) is 5.82 Å². The van der Waals surface area contributed by atoms with Crippen molar-refractivity contribution < 1.29 is 17.6 Å². The highest BCUT2D eigenvalue weighted by Gasteiger charge is 2.31. The number of halogens is 6. The van der Waals surface area contributed by atoms with Crippen LogP contribution in [0.5, 0.6) is 0 Å². The second-order valence-corrected chi connectivity index (χ2v) is 3.96. The maximum Gasteiger partial charge on any atom is 0.416 e. The first-order chi connectivity index (χ1) is 5.82. The van der Waals surface area contributed by atoms with Crippen LogP contribution in [0.3, 0.4) is 0 Å². The fourth-order valence-electron chi connectivity index (χ4n) is 0.719. The highest BCUT2D eigenvalue weighted by molar-refractivity contribution is 9.11. The van der Waals surface area contributed by atoms with Crippen LogP contribution in [0.4, 0.5) is 17.6 Å². The van der Waals surface area contributed by atoms with E-state index in [-0.39, 0.29) is 8.95 Å². The standard InChI is InChI=1S/C7H2Br2F4/c8-4-1-3(7(11,12)13)2-5(9)6(4)10/h1-2H. The normalized spacial score (nSPS) is 11.8. The molecule has 0 saturated carbocycles. The molecule has 6 heteroatoms. The summed E-state index contributed by atoms with van der Waals surface area (Å²) >= 11 is 5.37. The predicted octanol–water partition coefficient (Wildman–Crippen LogP) is 4.37. The first kappa shape index (κ1) is 11.0. The fourth-order valence-corrected chi connectivity index (χ4v) is 1.91. The maximum atomic E-state index is 12.8. The molecule has 0 radical (unpaired) electrons. The molecule has 0 aromatic heterocycles. The molecule has 0 spiro atoms. The van der Waals surface area contributed by atoms with Crippen molar-refractivity contribution in [3.8, 4) is 0 Å². The van der Waals surface area contributed by atoms with Gasteiger partial charge in [-0.15, -0.1) is 0 Å². The average Bonchev–Trinajstić information content (AvgIpc) is 1.97. The zero-order chi connectivity index (χ0) is 10.2. The van der Waals surface area contributed by atoms with E-state index in [4.69, 9.17) is 0 Å². The number of hydrogen-bond acceptors (Lipinski definition) is 0. The van der Waals surface area contributed by atoms with E-state index in [2.05, 4.69) is 31.9 Å². The van der Waals surface area contributed by atoms with Crippen LogP contribution in [0.25, 0.3) is 0 Å². The Morgan fingerprint density at radius 3 is 1.69 bits per heavy atom. The van der Waals surface area contributed by atoms with Crippen molar-refractivity contribution in [2.75, 3.05) is 0 Å². The van der Waals surface area contributed by atoms with Crippen molar-refractivity contribution in [2.45, 2.75) is 6.18 Å². The van der Waals surface area contributed by atoms with Crippen LogP contribution in [0.1, 0.15) is 5.56 Å². The summed E-state index contributed by atoms with van der Waals surface area (Å²) < 4.78 is 48.8. The molecule has 0 aliphatic heterocycles. The molecule has 0 nitrogen and oxygen atoms in total. The molecule has 1 aromatic rings. The number of hydrogen-bond donors (Lipinski definition) is 0. The van der Waals surface area contributed by atoms with Gasteiger partial charge in [-0.05, 0) is 44.0 Å². The highest BCUT2D eigenvalue weighted by atomic mass is 79.9. The molecule has 0 aliphatic rings. The summed E-state index contributed by atoms with van der Waals surface area (Å²) in [5.41, 5.74) is -0.896. The largest absolute Gasteiger partial charge is 0.416 e. The molecule has 1 rings (SSSR count). The van der Waals surface area contributed by atoms with Gasteiger partial charge in [0.2, 0.25) is 0 Å². The van der Waals surface area contributed by atoms with Crippen LogP contribution < -0.4 is 0 Å². The third kappa shape index (κ3) is 2.43. The Balaban J connectivity index is 3.29. The Kier molecular flexibility index (Phi) is 3.01. The van der Waals surface area contributed by atoms with Gasteiger partial charge in [-0.25, -0.2) is 4.39 Å². The summed E-state index contributed by atoms with van der Waals surface area (Å²) in [6.45, 7) is 0. The van der Waals surface area contributed by atoms with Crippen molar-refractivity contribution in [3.63, 3.8) is 0 Å². The van der Waals surface area contributed by atoms with Crippen LogP contribution in [-0.4, -0.2) is 0 Å². The summed E-state index contributed by atoms with van der Waals surface area (Å²) in [4.78, 5) is 0. The van der Waals surface area contributed by atoms with Gasteiger partial charge in [0.05, 0.1) is 14.5 Å². The Bertz CT molecular complexity index is 309. The number of rotatable bonds is 0. The molecular weight excluding hydrogens is 320 g/mol. The third-order valence-electron chi connectivity index (χ3n) is 1.31. The van der Waals surface area contributed by atoms with Gasteiger partial charge in [0, 0.05) is 0 Å². The van der Waals surface area contributed by atoms with Crippen LogP contribution in [-0.2, 0) is 6.18 Å². The lowest BCUT2D eigenvalue weighted by molar-refractivity contribution is -0.137. The molecule has 0 heterocycles. The minimum Gasteiger partial charge on any atom is -0.205 e. The highest BCUT2D eigenvalue weighted by Crippen LogP contribution is 2.35. The Morgan fingerprint density at radius 1 is 1.00 bits per heavy atom. The van der Waals surface area contributed by atoms with E-state index in [0.29, 0.717) is 12.1 Å². The van der Waals surface area contributed by atoms with E-state index < -0.39 is 17.6 Å². The van der Waals surface area contributed by atoms with E-state index in [1.807, 2.05) is 0 Å². The maximum absolute atomic E-state index is 12.8. The number of benzene rings is 1. The van der Waals surface area contributed by atoms with Gasteiger partial charge in [0.25, 0.3) is 0 Å². The summed E-state index contributed by atoms with van der Waals surface area (Å²) in [6, 6.07) is 1.39. The first-order valence-corrected chi connectivity index (χ1v) is 4.62. The van der Waals surface area contributed by atoms with Gasteiger partial charge in [-0.3, -0.25) is 0 Å². The topological polar surface area (TPSA) is 0 Å².